The third-order valence-corrected chi connectivity index (χ3v) is 3.12. The number of aldehydes is 1. The van der Waals surface area contributed by atoms with Crippen LogP contribution in [0.4, 0.5) is 5.82 Å². The zero-order valence-electron chi connectivity index (χ0n) is 9.28. The molecule has 1 unspecified atom stereocenters. The van der Waals surface area contributed by atoms with Crippen LogP contribution in [0.1, 0.15) is 16.9 Å². The van der Waals surface area contributed by atoms with Gasteiger partial charge in [0.2, 0.25) is 0 Å². The molecule has 1 atom stereocenters. The number of hydrogen-bond donors (Lipinski definition) is 1. The summed E-state index contributed by atoms with van der Waals surface area (Å²) >= 11 is 0. The summed E-state index contributed by atoms with van der Waals surface area (Å²) in [5.41, 5.74) is 1.31. The van der Waals surface area contributed by atoms with Crippen molar-refractivity contribution in [3.8, 4) is 0 Å². The Bertz CT molecular complexity index is 564. The molecule has 0 saturated carbocycles. The zero-order chi connectivity index (χ0) is 11.8. The van der Waals surface area contributed by atoms with E-state index >= 15 is 0 Å². The Morgan fingerprint density at radius 1 is 1.47 bits per heavy atom. The molecule has 0 bridgehead atoms. The molecule has 0 aromatic carbocycles. The highest BCUT2D eigenvalue weighted by Gasteiger charge is 2.25. The number of pyridine rings is 1. The van der Waals surface area contributed by atoms with Gasteiger partial charge in [-0.05, 0) is 18.6 Å². The van der Waals surface area contributed by atoms with Gasteiger partial charge in [0, 0.05) is 19.3 Å². The molecule has 0 radical (unpaired) electrons. The van der Waals surface area contributed by atoms with Crippen molar-refractivity contribution in [2.75, 3.05) is 18.0 Å². The van der Waals surface area contributed by atoms with Gasteiger partial charge in [0.1, 0.15) is 11.3 Å². The van der Waals surface area contributed by atoms with Crippen LogP contribution in [0.15, 0.2) is 24.4 Å². The van der Waals surface area contributed by atoms with Crippen LogP contribution in [-0.4, -0.2) is 40.0 Å². The number of nitrogens with zero attached hydrogens (tertiary/aromatic N) is 3. The van der Waals surface area contributed by atoms with E-state index in [1.807, 2.05) is 29.3 Å². The van der Waals surface area contributed by atoms with E-state index in [-0.39, 0.29) is 6.10 Å². The van der Waals surface area contributed by atoms with Crippen molar-refractivity contribution in [2.45, 2.75) is 12.5 Å². The molecular formula is C12H13N3O2. The van der Waals surface area contributed by atoms with Gasteiger partial charge in [-0.15, -0.1) is 0 Å². The normalized spacial score (nSPS) is 20.1. The van der Waals surface area contributed by atoms with Crippen LogP contribution < -0.4 is 4.90 Å². The molecule has 0 spiro atoms. The Balaban J connectivity index is 2.12. The van der Waals surface area contributed by atoms with Crippen molar-refractivity contribution in [1.82, 2.24) is 9.38 Å². The minimum Gasteiger partial charge on any atom is -0.391 e. The number of imidazole rings is 1. The van der Waals surface area contributed by atoms with Gasteiger partial charge in [0.15, 0.2) is 12.1 Å². The van der Waals surface area contributed by atoms with Crippen LogP contribution in [0.2, 0.25) is 0 Å². The van der Waals surface area contributed by atoms with E-state index < -0.39 is 0 Å². The van der Waals surface area contributed by atoms with E-state index in [9.17, 15) is 9.90 Å². The molecule has 5 heteroatoms. The topological polar surface area (TPSA) is 57.8 Å². The quantitative estimate of drug-likeness (QED) is 0.774. The largest absolute Gasteiger partial charge is 0.391 e. The monoisotopic (exact) mass is 231 g/mol. The van der Waals surface area contributed by atoms with Crippen molar-refractivity contribution in [1.29, 1.82) is 0 Å². The first-order chi connectivity index (χ1) is 8.29. The number of carbonyl (C=O) groups is 1. The van der Waals surface area contributed by atoms with Crippen LogP contribution in [0.3, 0.4) is 0 Å². The molecule has 17 heavy (non-hydrogen) atoms. The van der Waals surface area contributed by atoms with E-state index in [0.29, 0.717) is 18.1 Å². The third kappa shape index (κ3) is 1.59. The van der Waals surface area contributed by atoms with E-state index in [1.165, 1.54) is 0 Å². The number of aliphatic hydroxyl groups is 1. The lowest BCUT2D eigenvalue weighted by atomic mass is 10.3. The number of β-amino-alcohol motifs (C(OH)–C–C–N with tert-alkyl or cyclic N) is 1. The summed E-state index contributed by atoms with van der Waals surface area (Å²) in [5.74, 6) is 0.669. The van der Waals surface area contributed by atoms with Gasteiger partial charge in [-0.3, -0.25) is 9.20 Å². The summed E-state index contributed by atoms with van der Waals surface area (Å²) in [5, 5.41) is 9.53. The van der Waals surface area contributed by atoms with Crippen LogP contribution in [0.25, 0.3) is 5.65 Å². The fourth-order valence-electron chi connectivity index (χ4n) is 2.28. The van der Waals surface area contributed by atoms with Gasteiger partial charge in [-0.25, -0.2) is 4.98 Å². The van der Waals surface area contributed by atoms with E-state index in [4.69, 9.17) is 0 Å². The molecular weight excluding hydrogens is 218 g/mol. The van der Waals surface area contributed by atoms with Gasteiger partial charge >= 0.3 is 0 Å². The summed E-state index contributed by atoms with van der Waals surface area (Å²) in [6.45, 7) is 1.29. The SMILES string of the molecule is O=Cc1c(N2CCC(O)C2)nc2ccccn12. The van der Waals surface area contributed by atoms with E-state index in [1.54, 1.807) is 4.40 Å². The molecule has 0 amide bonds. The molecule has 3 heterocycles. The molecule has 3 rings (SSSR count). The molecule has 88 valence electrons. The van der Waals surface area contributed by atoms with Crippen LogP contribution in [0.5, 0.6) is 0 Å². The highest BCUT2D eigenvalue weighted by Crippen LogP contribution is 2.24. The van der Waals surface area contributed by atoms with Crippen LogP contribution in [-0.2, 0) is 0 Å². The van der Waals surface area contributed by atoms with E-state index in [0.717, 1.165) is 24.9 Å². The molecule has 1 N–H and O–H groups in total. The Morgan fingerprint density at radius 2 is 2.35 bits per heavy atom. The fourth-order valence-corrected chi connectivity index (χ4v) is 2.28. The minimum atomic E-state index is -0.320. The minimum absolute atomic E-state index is 0.320. The number of rotatable bonds is 2. The van der Waals surface area contributed by atoms with Gasteiger partial charge in [-0.1, -0.05) is 6.07 Å². The number of fused-ring (bicyclic) bond motifs is 1. The predicted molar refractivity (Wildman–Crippen MR) is 63.4 cm³/mol. The maximum Gasteiger partial charge on any atom is 0.170 e. The molecule has 2 aromatic rings. The number of aromatic nitrogens is 2. The summed E-state index contributed by atoms with van der Waals surface area (Å²) in [7, 11) is 0. The first kappa shape index (κ1) is 10.3. The van der Waals surface area contributed by atoms with Crippen molar-refractivity contribution >= 4 is 17.8 Å². The number of aliphatic hydroxyl groups excluding tert-OH is 1. The van der Waals surface area contributed by atoms with Gasteiger partial charge in [0.25, 0.3) is 0 Å². The number of hydrogen-bond acceptors (Lipinski definition) is 4. The Hall–Kier alpha value is -1.88. The lowest BCUT2D eigenvalue weighted by molar-refractivity contribution is 0.111. The van der Waals surface area contributed by atoms with Crippen LogP contribution >= 0.6 is 0 Å². The lowest BCUT2D eigenvalue weighted by Crippen LogP contribution is -2.22. The Labute approximate surface area is 98.3 Å². The predicted octanol–water partition coefficient (Wildman–Crippen LogP) is 0.718. The maximum absolute atomic E-state index is 11.2. The molecule has 1 aliphatic heterocycles. The van der Waals surface area contributed by atoms with Crippen LogP contribution in [0, 0.1) is 0 Å². The standard InChI is InChI=1S/C12H13N3O2/c16-8-10-12(14-6-4-9(17)7-14)13-11-3-1-2-5-15(10)11/h1-3,5,8-9,17H,4,6-7H2. The maximum atomic E-state index is 11.2. The second-order valence-electron chi connectivity index (χ2n) is 4.26. The first-order valence-electron chi connectivity index (χ1n) is 5.65. The van der Waals surface area contributed by atoms with Gasteiger partial charge < -0.3 is 10.0 Å². The molecule has 1 saturated heterocycles. The summed E-state index contributed by atoms with van der Waals surface area (Å²) in [6.07, 6.45) is 3.05. The average molecular weight is 231 g/mol. The third-order valence-electron chi connectivity index (χ3n) is 3.12. The van der Waals surface area contributed by atoms with Gasteiger partial charge in [0.05, 0.1) is 6.10 Å². The number of carbonyl (C=O) groups excluding carboxylic acids is 1. The molecule has 1 aliphatic rings. The highest BCUT2D eigenvalue weighted by molar-refractivity contribution is 5.83. The van der Waals surface area contributed by atoms with Gasteiger partial charge in [-0.2, -0.15) is 0 Å². The number of anilines is 1. The first-order valence-corrected chi connectivity index (χ1v) is 5.65. The van der Waals surface area contributed by atoms with Crippen molar-refractivity contribution in [3.05, 3.63) is 30.1 Å². The highest BCUT2D eigenvalue weighted by atomic mass is 16.3. The molecule has 2 aromatic heterocycles. The summed E-state index contributed by atoms with van der Waals surface area (Å²) in [4.78, 5) is 17.6. The Morgan fingerprint density at radius 3 is 3.06 bits per heavy atom. The van der Waals surface area contributed by atoms with Crippen molar-refractivity contribution < 1.29 is 9.90 Å². The van der Waals surface area contributed by atoms with Crippen molar-refractivity contribution in [3.63, 3.8) is 0 Å². The smallest absolute Gasteiger partial charge is 0.170 e. The average Bonchev–Trinajstić information content (AvgIpc) is 2.91. The lowest BCUT2D eigenvalue weighted by Gasteiger charge is -2.14. The second-order valence-corrected chi connectivity index (χ2v) is 4.26. The zero-order valence-corrected chi connectivity index (χ0v) is 9.28. The fraction of sp³-hybridized carbons (Fsp3) is 0.333. The van der Waals surface area contributed by atoms with E-state index in [2.05, 4.69) is 4.98 Å². The summed E-state index contributed by atoms with van der Waals surface area (Å²) in [6, 6.07) is 5.62. The van der Waals surface area contributed by atoms with Crippen molar-refractivity contribution in [2.24, 2.45) is 0 Å². The second kappa shape index (κ2) is 3.85. The molecule has 1 fully saturated rings. The summed E-state index contributed by atoms with van der Waals surface area (Å²) < 4.78 is 1.77. The Kier molecular flexibility index (Phi) is 2.33. The molecule has 0 aliphatic carbocycles. The molecule has 5 nitrogen and oxygen atoms in total.